The van der Waals surface area contributed by atoms with Crippen LogP contribution in [0, 0.1) is 6.92 Å². The zero-order valence-corrected chi connectivity index (χ0v) is 11.5. The molecule has 3 heteroatoms. The van der Waals surface area contributed by atoms with E-state index in [-0.39, 0.29) is 5.54 Å². The van der Waals surface area contributed by atoms with Crippen LogP contribution in [0.4, 0.5) is 0 Å². The number of aryl methyl sites for hydroxylation is 2. The SMILES string of the molecule is Cc1csc(C2(N)CCCCc3ccccc32)n1. The van der Waals surface area contributed by atoms with Gasteiger partial charge in [0.2, 0.25) is 0 Å². The largest absolute Gasteiger partial charge is 0.316 e. The summed E-state index contributed by atoms with van der Waals surface area (Å²) in [6.07, 6.45) is 4.53. The molecule has 0 amide bonds. The highest BCUT2D eigenvalue weighted by atomic mass is 32.1. The van der Waals surface area contributed by atoms with Crippen molar-refractivity contribution in [3.05, 3.63) is 51.5 Å². The van der Waals surface area contributed by atoms with E-state index in [1.807, 2.05) is 6.92 Å². The molecule has 2 nitrogen and oxygen atoms in total. The summed E-state index contributed by atoms with van der Waals surface area (Å²) in [6, 6.07) is 8.59. The van der Waals surface area contributed by atoms with Crippen LogP contribution in [-0.2, 0) is 12.0 Å². The number of benzene rings is 1. The van der Waals surface area contributed by atoms with Gasteiger partial charge in [-0.2, -0.15) is 0 Å². The number of thiazole rings is 1. The van der Waals surface area contributed by atoms with E-state index in [1.165, 1.54) is 24.0 Å². The van der Waals surface area contributed by atoms with Crippen LogP contribution in [0.2, 0.25) is 0 Å². The fourth-order valence-electron chi connectivity index (χ4n) is 2.81. The molecule has 3 rings (SSSR count). The molecule has 1 aromatic heterocycles. The number of hydrogen-bond acceptors (Lipinski definition) is 3. The van der Waals surface area contributed by atoms with Gasteiger partial charge >= 0.3 is 0 Å². The molecule has 0 bridgehead atoms. The lowest BCUT2D eigenvalue weighted by molar-refractivity contribution is 0.476. The fourth-order valence-corrected chi connectivity index (χ4v) is 3.76. The first-order chi connectivity index (χ1) is 8.70. The Morgan fingerprint density at radius 2 is 2.11 bits per heavy atom. The Bertz CT molecular complexity index is 561. The number of nitrogens with zero attached hydrogens (tertiary/aromatic N) is 1. The lowest BCUT2D eigenvalue weighted by Gasteiger charge is -2.28. The van der Waals surface area contributed by atoms with E-state index in [4.69, 9.17) is 5.73 Å². The summed E-state index contributed by atoms with van der Waals surface area (Å²) in [5.41, 5.74) is 10.1. The molecule has 1 atom stereocenters. The summed E-state index contributed by atoms with van der Waals surface area (Å²) in [6.45, 7) is 2.03. The number of hydrogen-bond donors (Lipinski definition) is 1. The maximum atomic E-state index is 6.75. The Balaban J connectivity index is 2.16. The van der Waals surface area contributed by atoms with E-state index in [0.29, 0.717) is 0 Å². The molecule has 0 aliphatic heterocycles. The number of rotatable bonds is 1. The lowest BCUT2D eigenvalue weighted by Crippen LogP contribution is -2.38. The van der Waals surface area contributed by atoms with E-state index < -0.39 is 0 Å². The molecule has 1 aliphatic carbocycles. The first kappa shape index (κ1) is 11.9. The summed E-state index contributed by atoms with van der Waals surface area (Å²) in [5.74, 6) is 0. The molecule has 1 unspecified atom stereocenters. The average Bonchev–Trinajstić information content (AvgIpc) is 2.74. The number of aromatic nitrogens is 1. The van der Waals surface area contributed by atoms with Crippen LogP contribution in [-0.4, -0.2) is 4.98 Å². The molecule has 94 valence electrons. The second-order valence-electron chi connectivity index (χ2n) is 5.13. The minimum Gasteiger partial charge on any atom is -0.316 e. The third-order valence-electron chi connectivity index (χ3n) is 3.77. The predicted octanol–water partition coefficient (Wildman–Crippen LogP) is 3.38. The molecule has 1 aliphatic rings. The minimum atomic E-state index is -0.383. The summed E-state index contributed by atoms with van der Waals surface area (Å²) < 4.78 is 0. The molecule has 1 heterocycles. The molecule has 2 aromatic rings. The maximum absolute atomic E-state index is 6.75. The van der Waals surface area contributed by atoms with E-state index in [1.54, 1.807) is 11.3 Å². The molecule has 0 spiro atoms. The van der Waals surface area contributed by atoms with Crippen molar-refractivity contribution in [1.29, 1.82) is 0 Å². The van der Waals surface area contributed by atoms with Crippen molar-refractivity contribution >= 4 is 11.3 Å². The second-order valence-corrected chi connectivity index (χ2v) is 5.99. The van der Waals surface area contributed by atoms with Gasteiger partial charge in [-0.15, -0.1) is 11.3 Å². The van der Waals surface area contributed by atoms with E-state index in [9.17, 15) is 0 Å². The summed E-state index contributed by atoms with van der Waals surface area (Å²) in [5, 5.41) is 3.16. The highest BCUT2D eigenvalue weighted by molar-refractivity contribution is 7.09. The first-order valence-corrected chi connectivity index (χ1v) is 7.38. The Hall–Kier alpha value is -1.19. The molecule has 0 fully saturated rings. The van der Waals surface area contributed by atoms with Crippen molar-refractivity contribution in [2.45, 2.75) is 38.1 Å². The van der Waals surface area contributed by atoms with Gasteiger partial charge < -0.3 is 5.73 Å². The minimum absolute atomic E-state index is 0.383. The van der Waals surface area contributed by atoms with Crippen molar-refractivity contribution in [3.63, 3.8) is 0 Å². The summed E-state index contributed by atoms with van der Waals surface area (Å²) in [7, 11) is 0. The zero-order chi connectivity index (χ0) is 12.6. The van der Waals surface area contributed by atoms with Crippen LogP contribution in [0.3, 0.4) is 0 Å². The molecule has 18 heavy (non-hydrogen) atoms. The van der Waals surface area contributed by atoms with Crippen molar-refractivity contribution in [2.75, 3.05) is 0 Å². The van der Waals surface area contributed by atoms with Gasteiger partial charge in [-0.1, -0.05) is 30.7 Å². The zero-order valence-electron chi connectivity index (χ0n) is 10.6. The molecular weight excluding hydrogens is 240 g/mol. The van der Waals surface area contributed by atoms with Gasteiger partial charge in [-0.05, 0) is 37.3 Å². The monoisotopic (exact) mass is 258 g/mol. The normalized spacial score (nSPS) is 23.4. The molecule has 0 radical (unpaired) electrons. The third-order valence-corrected chi connectivity index (χ3v) is 4.90. The maximum Gasteiger partial charge on any atom is 0.117 e. The van der Waals surface area contributed by atoms with Crippen LogP contribution in [0.15, 0.2) is 29.6 Å². The fraction of sp³-hybridized carbons (Fsp3) is 0.400. The smallest absolute Gasteiger partial charge is 0.117 e. The second kappa shape index (κ2) is 4.48. The van der Waals surface area contributed by atoms with Gasteiger partial charge in [0.15, 0.2) is 0 Å². The van der Waals surface area contributed by atoms with Gasteiger partial charge in [0, 0.05) is 11.1 Å². The van der Waals surface area contributed by atoms with Crippen molar-refractivity contribution in [3.8, 4) is 0 Å². The predicted molar refractivity (Wildman–Crippen MR) is 75.8 cm³/mol. The van der Waals surface area contributed by atoms with Gasteiger partial charge in [-0.25, -0.2) is 4.98 Å². The highest BCUT2D eigenvalue weighted by Crippen LogP contribution is 2.38. The average molecular weight is 258 g/mol. The molecule has 1 aromatic carbocycles. The van der Waals surface area contributed by atoms with Crippen LogP contribution in [0.1, 0.15) is 41.1 Å². The van der Waals surface area contributed by atoms with Crippen molar-refractivity contribution < 1.29 is 0 Å². The summed E-state index contributed by atoms with van der Waals surface area (Å²) in [4.78, 5) is 4.64. The van der Waals surface area contributed by atoms with E-state index >= 15 is 0 Å². The van der Waals surface area contributed by atoms with Crippen LogP contribution in [0.5, 0.6) is 0 Å². The lowest BCUT2D eigenvalue weighted by atomic mass is 9.86. The van der Waals surface area contributed by atoms with Crippen molar-refractivity contribution in [2.24, 2.45) is 5.73 Å². The quantitative estimate of drug-likeness (QED) is 0.796. The van der Waals surface area contributed by atoms with Gasteiger partial charge in [0.1, 0.15) is 5.01 Å². The number of nitrogens with two attached hydrogens (primary N) is 1. The third kappa shape index (κ3) is 1.88. The highest BCUT2D eigenvalue weighted by Gasteiger charge is 2.35. The van der Waals surface area contributed by atoms with Crippen LogP contribution in [0.25, 0.3) is 0 Å². The first-order valence-electron chi connectivity index (χ1n) is 6.50. The van der Waals surface area contributed by atoms with Crippen LogP contribution < -0.4 is 5.73 Å². The Labute approximate surface area is 112 Å². The molecule has 0 saturated heterocycles. The molecule has 2 N–H and O–H groups in total. The Morgan fingerprint density at radius 3 is 2.89 bits per heavy atom. The summed E-state index contributed by atoms with van der Waals surface area (Å²) >= 11 is 1.69. The Kier molecular flexibility index (Phi) is 2.96. The standard InChI is InChI=1S/C15H18N2S/c1-11-10-18-14(17-11)15(16)9-5-4-7-12-6-2-3-8-13(12)15/h2-3,6,8,10H,4-5,7,9,16H2,1H3. The van der Waals surface area contributed by atoms with Gasteiger partial charge in [-0.3, -0.25) is 0 Å². The molecule has 0 saturated carbocycles. The van der Waals surface area contributed by atoms with Gasteiger partial charge in [0.05, 0.1) is 5.54 Å². The van der Waals surface area contributed by atoms with Crippen LogP contribution >= 0.6 is 11.3 Å². The van der Waals surface area contributed by atoms with Gasteiger partial charge in [0.25, 0.3) is 0 Å². The van der Waals surface area contributed by atoms with E-state index in [0.717, 1.165) is 23.5 Å². The topological polar surface area (TPSA) is 38.9 Å². The number of fused-ring (bicyclic) bond motifs is 1. The van der Waals surface area contributed by atoms with Crippen molar-refractivity contribution in [1.82, 2.24) is 4.98 Å². The molecular formula is C15H18N2S. The Morgan fingerprint density at radius 1 is 1.28 bits per heavy atom. The van der Waals surface area contributed by atoms with E-state index in [2.05, 4.69) is 34.6 Å².